The fourth-order valence-electron chi connectivity index (χ4n) is 6.68. The Morgan fingerprint density at radius 2 is 1.35 bits per heavy atom. The van der Waals surface area contributed by atoms with Crippen LogP contribution in [0.15, 0.2) is 54.6 Å². The van der Waals surface area contributed by atoms with Crippen LogP contribution < -0.4 is 0 Å². The zero-order chi connectivity index (χ0) is 24.7. The van der Waals surface area contributed by atoms with Crippen molar-refractivity contribution in [2.45, 2.75) is 104 Å². The largest absolute Gasteiger partial charge is 0.0683 e. The quantitative estimate of drug-likeness (QED) is 0.371. The molecular weight excluding hydrogens is 408 g/mol. The van der Waals surface area contributed by atoms with Gasteiger partial charge in [0.15, 0.2) is 0 Å². The van der Waals surface area contributed by atoms with Crippen LogP contribution in [0, 0.1) is 13.8 Å². The van der Waals surface area contributed by atoms with E-state index in [4.69, 9.17) is 0 Å². The van der Waals surface area contributed by atoms with Crippen molar-refractivity contribution >= 4 is 0 Å². The average molecular weight is 453 g/mol. The minimum atomic E-state index is -0.0290. The predicted octanol–water partition coefficient (Wildman–Crippen LogP) is 10.0. The highest BCUT2D eigenvalue weighted by atomic mass is 14.4. The van der Waals surface area contributed by atoms with Gasteiger partial charge in [0.1, 0.15) is 0 Å². The second-order valence-corrected chi connectivity index (χ2v) is 11.4. The number of hydrogen-bond donors (Lipinski definition) is 0. The maximum atomic E-state index is 2.55. The van der Waals surface area contributed by atoms with Gasteiger partial charge in [-0.05, 0) is 82.7 Å². The van der Waals surface area contributed by atoms with Crippen molar-refractivity contribution in [1.82, 2.24) is 0 Å². The van der Waals surface area contributed by atoms with Crippen LogP contribution in [0.25, 0.3) is 11.1 Å². The molecule has 2 aliphatic rings. The molecule has 1 fully saturated rings. The van der Waals surface area contributed by atoms with Crippen LogP contribution in [0.2, 0.25) is 0 Å². The molecule has 0 unspecified atom stereocenters. The molecule has 0 heterocycles. The van der Waals surface area contributed by atoms with E-state index in [1.54, 1.807) is 5.56 Å². The van der Waals surface area contributed by atoms with Gasteiger partial charge < -0.3 is 0 Å². The van der Waals surface area contributed by atoms with Gasteiger partial charge in [0.2, 0.25) is 0 Å². The molecule has 1 saturated carbocycles. The normalized spacial score (nSPS) is 16.9. The Bertz CT molecular complexity index is 1170. The molecule has 0 bridgehead atoms. The Morgan fingerprint density at radius 1 is 0.706 bits per heavy atom. The van der Waals surface area contributed by atoms with Crippen LogP contribution in [0.1, 0.15) is 119 Å². The molecule has 34 heavy (non-hydrogen) atoms. The molecule has 5 rings (SSSR count). The van der Waals surface area contributed by atoms with Gasteiger partial charge in [0, 0.05) is 10.8 Å². The second-order valence-electron chi connectivity index (χ2n) is 11.4. The summed E-state index contributed by atoms with van der Waals surface area (Å²) in [6, 6.07) is 21.3. The third kappa shape index (κ3) is 4.04. The van der Waals surface area contributed by atoms with Crippen LogP contribution in [0.5, 0.6) is 0 Å². The van der Waals surface area contributed by atoms with Gasteiger partial charge in [-0.15, -0.1) is 0 Å². The Morgan fingerprint density at radius 3 is 2.06 bits per heavy atom. The van der Waals surface area contributed by atoms with Crippen molar-refractivity contribution in [1.29, 1.82) is 0 Å². The minimum Gasteiger partial charge on any atom is -0.0683 e. The first-order valence-electron chi connectivity index (χ1n) is 13.6. The number of aryl methyl sites for hydroxylation is 2. The first-order chi connectivity index (χ1) is 16.2. The second kappa shape index (κ2) is 9.37. The van der Waals surface area contributed by atoms with E-state index in [-0.39, 0.29) is 10.8 Å². The summed E-state index contributed by atoms with van der Waals surface area (Å²) in [6.07, 6.45) is 6.89. The first kappa shape index (κ1) is 24.8. The van der Waals surface area contributed by atoms with Crippen LogP contribution >= 0.6 is 0 Å². The minimum absolute atomic E-state index is 0.0290. The summed E-state index contributed by atoms with van der Waals surface area (Å²) in [5, 5.41) is 0. The van der Waals surface area contributed by atoms with Crippen LogP contribution in [-0.2, 0) is 10.8 Å². The Hall–Kier alpha value is -2.34. The van der Waals surface area contributed by atoms with Gasteiger partial charge >= 0.3 is 0 Å². The maximum Gasteiger partial charge on any atom is 0.0158 e. The number of rotatable bonds is 3. The molecule has 3 aromatic rings. The van der Waals surface area contributed by atoms with Crippen molar-refractivity contribution in [3.8, 4) is 11.1 Å². The lowest BCUT2D eigenvalue weighted by Crippen LogP contribution is -2.24. The molecule has 0 nitrogen and oxygen atoms in total. The summed E-state index contributed by atoms with van der Waals surface area (Å²) < 4.78 is 0. The van der Waals surface area contributed by atoms with Gasteiger partial charge in [-0.2, -0.15) is 0 Å². The molecule has 0 N–H and O–H groups in total. The summed E-state index contributed by atoms with van der Waals surface area (Å²) in [6.45, 7) is 18.3. The lowest BCUT2D eigenvalue weighted by molar-refractivity contribution is 0.443. The van der Waals surface area contributed by atoms with Crippen LogP contribution in [0.4, 0.5) is 0 Å². The third-order valence-corrected chi connectivity index (χ3v) is 8.61. The van der Waals surface area contributed by atoms with Crippen LogP contribution in [-0.4, -0.2) is 0 Å². The Balaban J connectivity index is 0.00000133. The summed E-state index contributed by atoms with van der Waals surface area (Å²) in [5.74, 6) is 0.744. The lowest BCUT2D eigenvalue weighted by atomic mass is 9.71. The van der Waals surface area contributed by atoms with Gasteiger partial charge in [0.05, 0.1) is 0 Å². The molecule has 0 spiro atoms. The molecule has 0 aromatic heterocycles. The fraction of sp³-hybridized carbons (Fsp3) is 0.471. The number of fused-ring (bicyclic) bond motifs is 3. The van der Waals surface area contributed by atoms with Crippen molar-refractivity contribution in [3.05, 3.63) is 93.5 Å². The zero-order valence-electron chi connectivity index (χ0n) is 22.8. The van der Waals surface area contributed by atoms with Gasteiger partial charge in [0.25, 0.3) is 0 Å². The summed E-state index contributed by atoms with van der Waals surface area (Å²) in [7, 11) is 0. The van der Waals surface area contributed by atoms with Crippen molar-refractivity contribution in [2.24, 2.45) is 0 Å². The van der Waals surface area contributed by atoms with Crippen molar-refractivity contribution in [3.63, 3.8) is 0 Å². The maximum absolute atomic E-state index is 2.55. The van der Waals surface area contributed by atoms with E-state index in [0.717, 1.165) is 5.92 Å². The summed E-state index contributed by atoms with van der Waals surface area (Å²) in [4.78, 5) is 0. The van der Waals surface area contributed by atoms with Gasteiger partial charge in [-0.25, -0.2) is 0 Å². The van der Waals surface area contributed by atoms with E-state index in [0.29, 0.717) is 0 Å². The SMILES string of the molecule is CC.Cc1ccc(C2CCCCC2)cc1C(C)(C)c1cc2c(cc1C)-c1ccccc1C2(C)C. The van der Waals surface area contributed by atoms with Gasteiger partial charge in [-0.3, -0.25) is 0 Å². The molecular formula is C34H44. The lowest BCUT2D eigenvalue weighted by Gasteiger charge is -2.33. The van der Waals surface area contributed by atoms with E-state index in [9.17, 15) is 0 Å². The molecule has 0 radical (unpaired) electrons. The third-order valence-electron chi connectivity index (χ3n) is 8.61. The molecule has 0 heteroatoms. The standard InChI is InChI=1S/C32H38.C2H6/c1-21-16-17-24(23-12-8-7-9-13-23)19-28(21)32(5,6)29-20-30-26(18-22(29)2)25-14-10-11-15-27(25)31(30,3)4;1-2/h10-11,14-20,23H,7-9,12-13H2,1-6H3;1-2H3. The number of benzene rings is 3. The van der Waals surface area contributed by atoms with Gasteiger partial charge in [-0.1, -0.05) is 115 Å². The fourth-order valence-corrected chi connectivity index (χ4v) is 6.68. The number of hydrogen-bond acceptors (Lipinski definition) is 0. The Kier molecular flexibility index (Phi) is 6.83. The molecule has 0 atom stereocenters. The highest BCUT2D eigenvalue weighted by Gasteiger charge is 2.37. The summed E-state index contributed by atoms with van der Waals surface area (Å²) in [5.41, 5.74) is 13.1. The van der Waals surface area contributed by atoms with Crippen molar-refractivity contribution in [2.75, 3.05) is 0 Å². The highest BCUT2D eigenvalue weighted by Crippen LogP contribution is 2.51. The molecule has 0 saturated heterocycles. The van der Waals surface area contributed by atoms with Crippen LogP contribution in [0.3, 0.4) is 0 Å². The Labute approximate surface area is 208 Å². The van der Waals surface area contributed by atoms with E-state index in [2.05, 4.69) is 96.1 Å². The van der Waals surface area contributed by atoms with Crippen molar-refractivity contribution < 1.29 is 0 Å². The van der Waals surface area contributed by atoms with E-state index < -0.39 is 0 Å². The van der Waals surface area contributed by atoms with E-state index in [1.165, 1.54) is 76.6 Å². The van der Waals surface area contributed by atoms with E-state index >= 15 is 0 Å². The van der Waals surface area contributed by atoms with E-state index in [1.807, 2.05) is 13.8 Å². The monoisotopic (exact) mass is 452 g/mol. The predicted molar refractivity (Wildman–Crippen MR) is 149 cm³/mol. The summed E-state index contributed by atoms with van der Waals surface area (Å²) >= 11 is 0. The smallest absolute Gasteiger partial charge is 0.0158 e. The molecule has 0 aliphatic heterocycles. The topological polar surface area (TPSA) is 0 Å². The highest BCUT2D eigenvalue weighted by molar-refractivity contribution is 5.82. The molecule has 0 amide bonds. The molecule has 3 aromatic carbocycles. The zero-order valence-corrected chi connectivity index (χ0v) is 22.8. The average Bonchev–Trinajstić information content (AvgIpc) is 3.07. The molecule has 180 valence electrons. The molecule has 2 aliphatic carbocycles. The first-order valence-corrected chi connectivity index (χ1v) is 13.6.